The van der Waals surface area contributed by atoms with Crippen LogP contribution in [0.4, 0.5) is 14.5 Å². The Labute approximate surface area is 119 Å². The summed E-state index contributed by atoms with van der Waals surface area (Å²) in [6.07, 6.45) is 0.814. The number of sulfonamides is 1. The van der Waals surface area contributed by atoms with Crippen molar-refractivity contribution >= 4 is 15.7 Å². The molecule has 1 aliphatic heterocycles. The van der Waals surface area contributed by atoms with Gasteiger partial charge in [0.15, 0.2) is 0 Å². The average molecular weight is 321 g/mol. The van der Waals surface area contributed by atoms with Crippen LogP contribution in [0.3, 0.4) is 0 Å². The van der Waals surface area contributed by atoms with Gasteiger partial charge in [0.1, 0.15) is 10.7 Å². The minimum atomic E-state index is -4.26. The van der Waals surface area contributed by atoms with Gasteiger partial charge in [-0.1, -0.05) is 0 Å². The van der Waals surface area contributed by atoms with Crippen molar-refractivity contribution in [1.82, 2.24) is 4.31 Å². The Bertz CT molecular complexity index is 672. The van der Waals surface area contributed by atoms with E-state index in [-0.39, 0.29) is 25.2 Å². The van der Waals surface area contributed by atoms with Crippen molar-refractivity contribution in [3.05, 3.63) is 33.9 Å². The first kappa shape index (κ1) is 15.7. The Morgan fingerprint density at radius 1 is 1.24 bits per heavy atom. The van der Waals surface area contributed by atoms with E-state index in [1.807, 2.05) is 0 Å². The second-order valence-corrected chi connectivity index (χ2v) is 6.64. The highest BCUT2D eigenvalue weighted by Gasteiger charge is 2.33. The van der Waals surface area contributed by atoms with E-state index >= 15 is 0 Å². The zero-order valence-corrected chi connectivity index (χ0v) is 11.6. The number of rotatable bonds is 3. The molecule has 1 saturated heterocycles. The molecule has 21 heavy (non-hydrogen) atoms. The van der Waals surface area contributed by atoms with Crippen LogP contribution >= 0.6 is 0 Å². The molecule has 116 valence electrons. The monoisotopic (exact) mass is 321 g/mol. The highest BCUT2D eigenvalue weighted by molar-refractivity contribution is 7.89. The molecule has 0 amide bonds. The lowest BCUT2D eigenvalue weighted by Gasteiger charge is -2.29. The van der Waals surface area contributed by atoms with Crippen molar-refractivity contribution < 1.29 is 22.1 Å². The molecule has 0 radical (unpaired) electrons. The van der Waals surface area contributed by atoms with E-state index in [0.717, 1.165) is 4.31 Å². The van der Waals surface area contributed by atoms with Crippen LogP contribution in [0, 0.1) is 21.7 Å². The topological polar surface area (TPSA) is 107 Å². The number of nitrogens with two attached hydrogens (primary N) is 1. The maximum Gasteiger partial charge on any atom is 0.306 e. The summed E-state index contributed by atoms with van der Waals surface area (Å²) in [5, 5.41) is 10.6. The summed E-state index contributed by atoms with van der Waals surface area (Å²) in [4.78, 5) is 8.66. The number of hydrogen-bond acceptors (Lipinski definition) is 5. The van der Waals surface area contributed by atoms with Crippen LogP contribution in [-0.4, -0.2) is 36.8 Å². The van der Waals surface area contributed by atoms with Crippen molar-refractivity contribution in [3.8, 4) is 0 Å². The fraction of sp³-hybridized carbons (Fsp3) is 0.455. The van der Waals surface area contributed by atoms with Crippen LogP contribution < -0.4 is 5.73 Å². The summed E-state index contributed by atoms with van der Waals surface area (Å²) in [7, 11) is -4.26. The molecule has 0 aromatic heterocycles. The molecule has 1 aromatic carbocycles. The Kier molecular flexibility index (Phi) is 4.21. The second kappa shape index (κ2) is 5.62. The molecular formula is C11H13F2N3O4S. The van der Waals surface area contributed by atoms with Gasteiger partial charge in [-0.05, 0) is 12.8 Å². The lowest BCUT2D eigenvalue weighted by Crippen LogP contribution is -2.43. The standard InChI is InChI=1S/C11H13F2N3O4S/c12-8-5-9(13)11(6-10(8)16(17)18)21(19,20)15-3-1-7(14)2-4-15/h5-7H,1-4,14H2. The van der Waals surface area contributed by atoms with Gasteiger partial charge < -0.3 is 5.73 Å². The van der Waals surface area contributed by atoms with Gasteiger partial charge in [-0.15, -0.1) is 0 Å². The van der Waals surface area contributed by atoms with E-state index in [1.165, 1.54) is 0 Å². The number of benzene rings is 1. The summed E-state index contributed by atoms with van der Waals surface area (Å²) < 4.78 is 52.6. The molecule has 7 nitrogen and oxygen atoms in total. The van der Waals surface area contributed by atoms with Crippen LogP contribution in [-0.2, 0) is 10.0 Å². The first-order valence-corrected chi connectivity index (χ1v) is 7.56. The predicted molar refractivity (Wildman–Crippen MR) is 69.0 cm³/mol. The van der Waals surface area contributed by atoms with Gasteiger partial charge in [-0.2, -0.15) is 8.70 Å². The molecule has 1 aromatic rings. The number of hydrogen-bond donors (Lipinski definition) is 1. The number of halogens is 2. The third kappa shape index (κ3) is 3.01. The van der Waals surface area contributed by atoms with Crippen molar-refractivity contribution in [2.45, 2.75) is 23.8 Å². The molecule has 0 atom stereocenters. The second-order valence-electron chi connectivity index (χ2n) is 4.73. The van der Waals surface area contributed by atoms with Crippen LogP contribution in [0.5, 0.6) is 0 Å². The summed E-state index contributed by atoms with van der Waals surface area (Å²) in [5.41, 5.74) is 4.58. The minimum absolute atomic E-state index is 0.0914. The van der Waals surface area contributed by atoms with E-state index < -0.39 is 37.2 Å². The Morgan fingerprint density at radius 3 is 2.33 bits per heavy atom. The Morgan fingerprint density at radius 2 is 1.81 bits per heavy atom. The van der Waals surface area contributed by atoms with Gasteiger partial charge in [0.05, 0.1) is 4.92 Å². The molecule has 2 rings (SSSR count). The highest BCUT2D eigenvalue weighted by atomic mass is 32.2. The number of nitrogens with zero attached hydrogens (tertiary/aromatic N) is 2. The summed E-state index contributed by atoms with van der Waals surface area (Å²) in [6, 6.07) is 0.485. The number of nitro groups is 1. The molecule has 10 heteroatoms. The summed E-state index contributed by atoms with van der Waals surface area (Å²) >= 11 is 0. The Hall–Kier alpha value is -1.65. The molecule has 2 N–H and O–H groups in total. The third-order valence-electron chi connectivity index (χ3n) is 3.31. The maximum absolute atomic E-state index is 13.7. The first-order valence-electron chi connectivity index (χ1n) is 6.12. The maximum atomic E-state index is 13.7. The minimum Gasteiger partial charge on any atom is -0.328 e. The molecular weight excluding hydrogens is 308 g/mol. The van der Waals surface area contributed by atoms with Crippen molar-refractivity contribution in [1.29, 1.82) is 0 Å². The Balaban J connectivity index is 2.45. The first-order chi connectivity index (χ1) is 9.73. The third-order valence-corrected chi connectivity index (χ3v) is 5.23. The normalized spacial score (nSPS) is 17.9. The van der Waals surface area contributed by atoms with E-state index in [4.69, 9.17) is 5.73 Å². The molecule has 1 heterocycles. The zero-order valence-electron chi connectivity index (χ0n) is 10.8. The quantitative estimate of drug-likeness (QED) is 0.660. The van der Waals surface area contributed by atoms with Gasteiger partial charge in [-0.25, -0.2) is 12.8 Å². The molecule has 1 aliphatic rings. The summed E-state index contributed by atoms with van der Waals surface area (Å²) in [5.74, 6) is -2.77. The molecule has 0 saturated carbocycles. The smallest absolute Gasteiger partial charge is 0.306 e. The average Bonchev–Trinajstić information content (AvgIpc) is 2.38. The highest BCUT2D eigenvalue weighted by Crippen LogP contribution is 2.28. The van der Waals surface area contributed by atoms with Crippen LogP contribution in [0.2, 0.25) is 0 Å². The predicted octanol–water partition coefficient (Wildman–Crippen LogP) is 0.985. The van der Waals surface area contributed by atoms with Crippen molar-refractivity contribution in [2.75, 3.05) is 13.1 Å². The van der Waals surface area contributed by atoms with Gasteiger partial charge in [0.25, 0.3) is 0 Å². The fourth-order valence-corrected chi connectivity index (χ4v) is 3.65. The lowest BCUT2D eigenvalue weighted by atomic mass is 10.1. The van der Waals surface area contributed by atoms with Gasteiger partial charge in [-0.3, -0.25) is 10.1 Å². The molecule has 0 spiro atoms. The molecule has 1 fully saturated rings. The van der Waals surface area contributed by atoms with Gasteiger partial charge in [0, 0.05) is 31.3 Å². The van der Waals surface area contributed by atoms with E-state index in [2.05, 4.69) is 0 Å². The van der Waals surface area contributed by atoms with Gasteiger partial charge >= 0.3 is 5.69 Å². The van der Waals surface area contributed by atoms with Crippen molar-refractivity contribution in [3.63, 3.8) is 0 Å². The van der Waals surface area contributed by atoms with E-state index in [9.17, 15) is 27.3 Å². The zero-order chi connectivity index (χ0) is 15.8. The van der Waals surface area contributed by atoms with Crippen molar-refractivity contribution in [2.24, 2.45) is 5.73 Å². The molecule has 0 bridgehead atoms. The molecule has 0 unspecified atom stereocenters. The largest absolute Gasteiger partial charge is 0.328 e. The molecule has 0 aliphatic carbocycles. The lowest BCUT2D eigenvalue weighted by molar-refractivity contribution is -0.387. The van der Waals surface area contributed by atoms with Crippen LogP contribution in [0.25, 0.3) is 0 Å². The number of piperidine rings is 1. The summed E-state index contributed by atoms with van der Waals surface area (Å²) in [6.45, 7) is 0.183. The van der Waals surface area contributed by atoms with E-state index in [0.29, 0.717) is 18.9 Å². The number of nitro benzene ring substituents is 1. The van der Waals surface area contributed by atoms with Gasteiger partial charge in [0.2, 0.25) is 15.8 Å². The van der Waals surface area contributed by atoms with Crippen LogP contribution in [0.15, 0.2) is 17.0 Å². The SMILES string of the molecule is NC1CCN(S(=O)(=O)c2cc([N+](=O)[O-])c(F)cc2F)CC1. The fourth-order valence-electron chi connectivity index (χ4n) is 2.11. The van der Waals surface area contributed by atoms with Crippen LogP contribution in [0.1, 0.15) is 12.8 Å². The van der Waals surface area contributed by atoms with E-state index in [1.54, 1.807) is 0 Å².